The van der Waals surface area contributed by atoms with Crippen molar-refractivity contribution in [2.45, 2.75) is 6.92 Å². The van der Waals surface area contributed by atoms with Crippen molar-refractivity contribution in [3.05, 3.63) is 200 Å². The lowest BCUT2D eigenvalue weighted by Crippen LogP contribution is -2.10. The van der Waals surface area contributed by atoms with Crippen molar-refractivity contribution in [2.24, 2.45) is 0 Å². The van der Waals surface area contributed by atoms with Gasteiger partial charge in [0, 0.05) is 53.7 Å². The van der Waals surface area contributed by atoms with Gasteiger partial charge >= 0.3 is 0 Å². The van der Waals surface area contributed by atoms with Crippen LogP contribution in [0.15, 0.2) is 189 Å². The van der Waals surface area contributed by atoms with E-state index in [2.05, 4.69) is 205 Å². The van der Waals surface area contributed by atoms with Crippen LogP contribution in [0.5, 0.6) is 0 Å². The van der Waals surface area contributed by atoms with Gasteiger partial charge in [0.15, 0.2) is 0 Å². The van der Waals surface area contributed by atoms with Crippen LogP contribution >= 0.6 is 11.3 Å². The summed E-state index contributed by atoms with van der Waals surface area (Å²) in [6, 6.07) is 66.4. The van der Waals surface area contributed by atoms with Crippen molar-refractivity contribution < 1.29 is 0 Å². The van der Waals surface area contributed by atoms with E-state index >= 15 is 0 Å². The van der Waals surface area contributed by atoms with E-state index in [1.54, 1.807) is 0 Å². The van der Waals surface area contributed by atoms with E-state index in [0.717, 1.165) is 28.3 Å². The Kier molecular flexibility index (Phi) is 7.75. The Bertz CT molecular complexity index is 3020. The van der Waals surface area contributed by atoms with Gasteiger partial charge in [-0.3, -0.25) is 0 Å². The Morgan fingerprint density at radius 1 is 0.500 bits per heavy atom. The van der Waals surface area contributed by atoms with E-state index in [-0.39, 0.29) is 0 Å². The van der Waals surface area contributed by atoms with Crippen LogP contribution in [0, 0.1) is 6.92 Å². The topological polar surface area (TPSA) is 8.17 Å². The first-order valence-corrected chi connectivity index (χ1v) is 19.2. The SMILES string of the molecule is C=Cc1ccc2c3ccccc3n(-c3cccc(-c4ccc(N(c5ccc(C)cc5)c5cccc(-c6cccc7sc8ccccc8c67)c5)cc4)c3)c2c1. The van der Waals surface area contributed by atoms with Crippen LogP contribution in [0.25, 0.3) is 76.0 Å². The van der Waals surface area contributed by atoms with Crippen LogP contribution in [0.3, 0.4) is 0 Å². The van der Waals surface area contributed by atoms with Gasteiger partial charge in [-0.25, -0.2) is 0 Å². The number of rotatable bonds is 7. The molecule has 2 heterocycles. The fourth-order valence-corrected chi connectivity index (χ4v) is 9.12. The number of para-hydroxylation sites is 1. The Morgan fingerprint density at radius 2 is 1.19 bits per heavy atom. The third kappa shape index (κ3) is 5.41. The minimum Gasteiger partial charge on any atom is -0.310 e. The van der Waals surface area contributed by atoms with Gasteiger partial charge in [-0.2, -0.15) is 0 Å². The number of hydrogen-bond acceptors (Lipinski definition) is 2. The lowest BCUT2D eigenvalue weighted by molar-refractivity contribution is 1.18. The molecule has 0 radical (unpaired) electrons. The zero-order valence-corrected chi connectivity index (χ0v) is 30.7. The van der Waals surface area contributed by atoms with Gasteiger partial charge in [0.1, 0.15) is 0 Å². The van der Waals surface area contributed by atoms with Crippen LogP contribution in [0.2, 0.25) is 0 Å². The number of fused-ring (bicyclic) bond motifs is 6. The summed E-state index contributed by atoms with van der Waals surface area (Å²) >= 11 is 1.86. The average Bonchev–Trinajstić information content (AvgIpc) is 3.78. The van der Waals surface area contributed by atoms with E-state index in [1.807, 2.05) is 17.4 Å². The molecule has 0 amide bonds. The van der Waals surface area contributed by atoms with Gasteiger partial charge in [0.05, 0.1) is 11.0 Å². The molecule has 0 fully saturated rings. The number of thiophene rings is 1. The summed E-state index contributed by atoms with van der Waals surface area (Å²) in [5.74, 6) is 0. The number of nitrogens with zero attached hydrogens (tertiary/aromatic N) is 2. The number of benzene rings is 8. The summed E-state index contributed by atoms with van der Waals surface area (Å²) in [6.45, 7) is 6.17. The zero-order chi connectivity index (χ0) is 36.2. The molecule has 0 aliphatic carbocycles. The number of hydrogen-bond donors (Lipinski definition) is 0. The average molecular weight is 709 g/mol. The van der Waals surface area contributed by atoms with Crippen molar-refractivity contribution in [3.8, 4) is 27.9 Å². The summed E-state index contributed by atoms with van der Waals surface area (Å²) < 4.78 is 5.01. The second-order valence-electron chi connectivity index (χ2n) is 13.9. The first-order valence-electron chi connectivity index (χ1n) is 18.4. The molecule has 8 aromatic carbocycles. The van der Waals surface area contributed by atoms with E-state index in [9.17, 15) is 0 Å². The van der Waals surface area contributed by atoms with E-state index in [0.29, 0.717) is 0 Å². The molecule has 0 unspecified atom stereocenters. The molecule has 0 aliphatic rings. The molecule has 54 heavy (non-hydrogen) atoms. The van der Waals surface area contributed by atoms with Crippen molar-refractivity contribution in [2.75, 3.05) is 4.90 Å². The second-order valence-corrected chi connectivity index (χ2v) is 15.0. The molecule has 0 saturated carbocycles. The fourth-order valence-electron chi connectivity index (χ4n) is 7.99. The predicted molar refractivity (Wildman–Crippen MR) is 234 cm³/mol. The molecule has 3 heteroatoms. The summed E-state index contributed by atoms with van der Waals surface area (Å²) in [4.78, 5) is 2.37. The van der Waals surface area contributed by atoms with Crippen molar-refractivity contribution in [1.82, 2.24) is 4.57 Å². The first kappa shape index (κ1) is 32.0. The molecule has 0 aliphatic heterocycles. The molecule has 0 spiro atoms. The van der Waals surface area contributed by atoms with Gasteiger partial charge in [-0.05, 0) is 108 Å². The maximum absolute atomic E-state index is 4.03. The first-order chi connectivity index (χ1) is 26.6. The summed E-state index contributed by atoms with van der Waals surface area (Å²) in [7, 11) is 0. The highest BCUT2D eigenvalue weighted by Crippen LogP contribution is 2.43. The molecule has 0 saturated heterocycles. The van der Waals surface area contributed by atoms with Gasteiger partial charge in [0.25, 0.3) is 0 Å². The largest absolute Gasteiger partial charge is 0.310 e. The van der Waals surface area contributed by atoms with Crippen LogP contribution in [0.1, 0.15) is 11.1 Å². The summed E-state index contributed by atoms with van der Waals surface area (Å²) in [5, 5.41) is 5.13. The lowest BCUT2D eigenvalue weighted by atomic mass is 9.98. The molecule has 2 aromatic heterocycles. The molecular formula is C51H36N2S. The zero-order valence-electron chi connectivity index (χ0n) is 29.9. The van der Waals surface area contributed by atoms with E-state index < -0.39 is 0 Å². The Labute approximate surface area is 319 Å². The normalized spacial score (nSPS) is 11.5. The third-order valence-electron chi connectivity index (χ3n) is 10.6. The number of aryl methyl sites for hydroxylation is 1. The Hall–Kier alpha value is -6.68. The molecule has 0 atom stereocenters. The Balaban J connectivity index is 1.06. The van der Waals surface area contributed by atoms with Gasteiger partial charge < -0.3 is 9.47 Å². The maximum Gasteiger partial charge on any atom is 0.0547 e. The minimum absolute atomic E-state index is 1.11. The molecule has 2 nitrogen and oxygen atoms in total. The van der Waals surface area contributed by atoms with Crippen LogP contribution in [-0.4, -0.2) is 4.57 Å². The van der Waals surface area contributed by atoms with Crippen molar-refractivity contribution in [3.63, 3.8) is 0 Å². The molecule has 256 valence electrons. The number of anilines is 3. The number of aromatic nitrogens is 1. The van der Waals surface area contributed by atoms with Crippen molar-refractivity contribution >= 4 is 76.5 Å². The predicted octanol–water partition coefficient (Wildman–Crippen LogP) is 14.9. The van der Waals surface area contributed by atoms with Crippen LogP contribution < -0.4 is 4.90 Å². The van der Waals surface area contributed by atoms with Gasteiger partial charge in [0.2, 0.25) is 0 Å². The minimum atomic E-state index is 1.11. The fraction of sp³-hybridized carbons (Fsp3) is 0.0196. The second kappa shape index (κ2) is 13.1. The molecule has 10 aromatic rings. The maximum atomic E-state index is 4.03. The van der Waals surface area contributed by atoms with E-state index in [1.165, 1.54) is 69.8 Å². The smallest absolute Gasteiger partial charge is 0.0547 e. The monoisotopic (exact) mass is 708 g/mol. The van der Waals surface area contributed by atoms with Crippen LogP contribution in [-0.2, 0) is 0 Å². The highest BCUT2D eigenvalue weighted by Gasteiger charge is 2.17. The van der Waals surface area contributed by atoms with Gasteiger partial charge in [-0.15, -0.1) is 11.3 Å². The summed E-state index contributed by atoms with van der Waals surface area (Å²) in [6.07, 6.45) is 1.92. The quantitative estimate of drug-likeness (QED) is 0.160. The van der Waals surface area contributed by atoms with E-state index in [4.69, 9.17) is 0 Å². The van der Waals surface area contributed by atoms with Crippen LogP contribution in [0.4, 0.5) is 17.1 Å². The Morgan fingerprint density at radius 3 is 2.02 bits per heavy atom. The molecule has 10 rings (SSSR count). The highest BCUT2D eigenvalue weighted by atomic mass is 32.1. The third-order valence-corrected chi connectivity index (χ3v) is 11.7. The molecule has 0 N–H and O–H groups in total. The highest BCUT2D eigenvalue weighted by molar-refractivity contribution is 7.25. The lowest BCUT2D eigenvalue weighted by Gasteiger charge is -2.26. The molecular weight excluding hydrogens is 673 g/mol. The standard InChI is InChI=1S/C51H36N2S/c1-3-35-23-30-45-44-15-4-6-18-47(44)53(48(45)31-35)42-14-8-11-37(32-42)36-24-28-40(29-25-36)52(39-26-21-34(2)22-27-39)41-13-9-12-38(33-41)43-17-10-20-50-51(43)46-16-5-7-19-49(46)54-50/h3-33H,1H2,2H3. The molecule has 0 bridgehead atoms. The van der Waals surface area contributed by atoms with Crippen molar-refractivity contribution in [1.29, 1.82) is 0 Å². The van der Waals surface area contributed by atoms with Gasteiger partial charge in [-0.1, -0.05) is 127 Å². The summed E-state index contributed by atoms with van der Waals surface area (Å²) in [5.41, 5.74) is 14.0.